The number of carbonyl (C=O) groups excluding carboxylic acids is 1. The molecule has 0 saturated heterocycles. The molecule has 0 radical (unpaired) electrons. The summed E-state index contributed by atoms with van der Waals surface area (Å²) in [6, 6.07) is 1.85. The zero-order valence-electron chi connectivity index (χ0n) is 13.5. The topological polar surface area (TPSA) is 69.0 Å². The molecule has 6 nitrogen and oxygen atoms in total. The second-order valence-electron chi connectivity index (χ2n) is 6.35. The molecule has 1 N–H and O–H groups in total. The van der Waals surface area contributed by atoms with Gasteiger partial charge in [-0.3, -0.25) is 4.79 Å². The number of hydrogen-bond donors (Lipinski definition) is 1. The Kier molecular flexibility index (Phi) is 4.75. The van der Waals surface area contributed by atoms with Crippen LogP contribution in [-0.4, -0.2) is 33.7 Å². The molecule has 2 aromatic rings. The number of aryl methyl sites for hydroxylation is 1. The number of carbonyl (C=O) groups is 1. The van der Waals surface area contributed by atoms with E-state index in [-0.39, 0.29) is 23.8 Å². The van der Waals surface area contributed by atoms with Crippen molar-refractivity contribution in [2.24, 2.45) is 12.5 Å². The molecule has 2 aromatic heterocycles. The zero-order chi connectivity index (χ0) is 16.5. The Bertz CT molecular complexity index is 691. The molecule has 120 valence electrons. The molecule has 0 spiro atoms. The van der Waals surface area contributed by atoms with Gasteiger partial charge in [-0.15, -0.1) is 0 Å². The molecule has 1 unspecified atom stereocenters. The van der Waals surface area contributed by atoms with Gasteiger partial charge in [0.25, 0.3) is 0 Å². The Morgan fingerprint density at radius 1 is 1.45 bits per heavy atom. The highest BCUT2D eigenvalue weighted by atomic mass is 79.9. The first kappa shape index (κ1) is 16.7. The van der Waals surface area contributed by atoms with Gasteiger partial charge in [0.15, 0.2) is 0 Å². The van der Waals surface area contributed by atoms with Crippen molar-refractivity contribution in [2.45, 2.75) is 33.2 Å². The van der Waals surface area contributed by atoms with E-state index in [0.717, 1.165) is 11.0 Å². The first-order valence-corrected chi connectivity index (χ1v) is 7.83. The minimum absolute atomic E-state index is 0.106. The Hall–Kier alpha value is -1.63. The van der Waals surface area contributed by atoms with Crippen LogP contribution in [0.2, 0.25) is 0 Å². The van der Waals surface area contributed by atoms with Crippen LogP contribution < -0.4 is 5.32 Å². The fourth-order valence-electron chi connectivity index (χ4n) is 2.21. The second-order valence-corrected chi connectivity index (χ2v) is 7.06. The molecule has 0 saturated carbocycles. The lowest BCUT2D eigenvalue weighted by Crippen LogP contribution is -2.36. The lowest BCUT2D eigenvalue weighted by Gasteiger charge is -2.31. The number of nitrogens with one attached hydrogen (secondary N) is 1. The van der Waals surface area contributed by atoms with E-state index in [2.05, 4.69) is 52.0 Å². The third kappa shape index (κ3) is 3.58. The summed E-state index contributed by atoms with van der Waals surface area (Å²) in [7, 11) is 3.33. The van der Waals surface area contributed by atoms with Crippen LogP contribution in [0.15, 0.2) is 17.0 Å². The summed E-state index contributed by atoms with van der Waals surface area (Å²) in [6.07, 6.45) is 2.21. The van der Waals surface area contributed by atoms with Gasteiger partial charge in [-0.2, -0.15) is 0 Å². The minimum atomic E-state index is -0.246. The molecule has 7 heteroatoms. The van der Waals surface area contributed by atoms with Crippen molar-refractivity contribution >= 4 is 38.8 Å². The van der Waals surface area contributed by atoms with Crippen molar-refractivity contribution < 1.29 is 9.53 Å². The first-order valence-electron chi connectivity index (χ1n) is 7.04. The lowest BCUT2D eigenvalue weighted by atomic mass is 9.84. The van der Waals surface area contributed by atoms with Crippen LogP contribution in [-0.2, 0) is 16.6 Å². The largest absolute Gasteiger partial charge is 0.469 e. The zero-order valence-corrected chi connectivity index (χ0v) is 15.1. The van der Waals surface area contributed by atoms with Crippen molar-refractivity contribution in [1.29, 1.82) is 0 Å². The van der Waals surface area contributed by atoms with Crippen molar-refractivity contribution in [3.8, 4) is 0 Å². The highest BCUT2D eigenvalue weighted by molar-refractivity contribution is 9.10. The van der Waals surface area contributed by atoms with Gasteiger partial charge in [-0.25, -0.2) is 9.97 Å². The lowest BCUT2D eigenvalue weighted by molar-refractivity contribution is -0.141. The van der Waals surface area contributed by atoms with Gasteiger partial charge in [0, 0.05) is 19.3 Å². The van der Waals surface area contributed by atoms with E-state index in [1.54, 1.807) is 0 Å². The predicted octanol–water partition coefficient (Wildman–Crippen LogP) is 3.12. The summed E-state index contributed by atoms with van der Waals surface area (Å²) in [5.41, 5.74) is 0.697. The molecule has 1 atom stereocenters. The van der Waals surface area contributed by atoms with Crippen molar-refractivity contribution in [3.05, 3.63) is 17.0 Å². The third-order valence-electron chi connectivity index (χ3n) is 3.65. The summed E-state index contributed by atoms with van der Waals surface area (Å²) >= 11 is 3.34. The molecule has 0 aliphatic rings. The number of aromatic nitrogens is 3. The van der Waals surface area contributed by atoms with Crippen LogP contribution in [0.25, 0.3) is 11.0 Å². The van der Waals surface area contributed by atoms with E-state index >= 15 is 0 Å². The van der Waals surface area contributed by atoms with Gasteiger partial charge in [0.1, 0.15) is 11.5 Å². The first-order chi connectivity index (χ1) is 10.2. The van der Waals surface area contributed by atoms with E-state index in [0.29, 0.717) is 10.6 Å². The van der Waals surface area contributed by atoms with Crippen LogP contribution in [0, 0.1) is 5.41 Å². The number of nitrogens with zero attached hydrogens (tertiary/aromatic N) is 3. The van der Waals surface area contributed by atoms with Crippen LogP contribution in [0.5, 0.6) is 0 Å². The average molecular weight is 369 g/mol. The summed E-state index contributed by atoms with van der Waals surface area (Å²) in [5.74, 6) is 0.464. The van der Waals surface area contributed by atoms with Crippen molar-refractivity contribution in [1.82, 2.24) is 14.5 Å². The smallest absolute Gasteiger partial charge is 0.307 e. The number of anilines is 1. The van der Waals surface area contributed by atoms with Crippen LogP contribution >= 0.6 is 15.9 Å². The molecule has 2 heterocycles. The Morgan fingerprint density at radius 2 is 2.14 bits per heavy atom. The monoisotopic (exact) mass is 368 g/mol. The quantitative estimate of drug-likeness (QED) is 0.663. The number of esters is 1. The molecule has 0 fully saturated rings. The van der Waals surface area contributed by atoms with E-state index in [1.807, 2.05) is 23.9 Å². The molecule has 0 aliphatic heterocycles. The normalized spacial score (nSPS) is 13.2. The molecular weight excluding hydrogens is 348 g/mol. The molecule has 0 bridgehead atoms. The van der Waals surface area contributed by atoms with E-state index in [9.17, 15) is 4.79 Å². The summed E-state index contributed by atoms with van der Waals surface area (Å²) in [5, 5.41) is 4.31. The number of ether oxygens (including phenoxy) is 1. The van der Waals surface area contributed by atoms with E-state index in [1.165, 1.54) is 7.11 Å². The number of fused-ring (bicyclic) bond motifs is 1. The molecular formula is C15H21BrN4O2. The van der Waals surface area contributed by atoms with Crippen LogP contribution in [0.1, 0.15) is 27.2 Å². The van der Waals surface area contributed by atoms with Gasteiger partial charge in [-0.05, 0) is 27.4 Å². The Labute approximate surface area is 138 Å². The molecule has 2 rings (SSSR count). The van der Waals surface area contributed by atoms with Gasteiger partial charge >= 0.3 is 5.97 Å². The summed E-state index contributed by atoms with van der Waals surface area (Å²) in [6.45, 7) is 6.23. The Balaban J connectivity index is 2.39. The maximum absolute atomic E-state index is 11.7. The molecule has 22 heavy (non-hydrogen) atoms. The summed E-state index contributed by atoms with van der Waals surface area (Å²) in [4.78, 5) is 20.5. The van der Waals surface area contributed by atoms with Gasteiger partial charge in [0.05, 0.1) is 18.9 Å². The fraction of sp³-hybridized carbons (Fsp3) is 0.533. The van der Waals surface area contributed by atoms with E-state index in [4.69, 9.17) is 4.74 Å². The second kappa shape index (κ2) is 6.24. The van der Waals surface area contributed by atoms with Crippen LogP contribution in [0.4, 0.5) is 5.82 Å². The standard InChI is InChI=1S/C15H21BrN4O2/c1-15(2,3)10(8-11(21)22-5)17-12-9-6-7-20(4)13(9)19-14(16)18-12/h6-7,10H,8H2,1-5H3,(H,17,18,19). The van der Waals surface area contributed by atoms with Gasteiger partial charge < -0.3 is 14.6 Å². The van der Waals surface area contributed by atoms with Crippen molar-refractivity contribution in [2.75, 3.05) is 12.4 Å². The van der Waals surface area contributed by atoms with Gasteiger partial charge in [-0.1, -0.05) is 20.8 Å². The summed E-state index contributed by atoms with van der Waals surface area (Å²) < 4.78 is 7.24. The maximum Gasteiger partial charge on any atom is 0.307 e. The highest BCUT2D eigenvalue weighted by Gasteiger charge is 2.28. The number of rotatable bonds is 4. The van der Waals surface area contributed by atoms with E-state index < -0.39 is 0 Å². The highest BCUT2D eigenvalue weighted by Crippen LogP contribution is 2.29. The van der Waals surface area contributed by atoms with Crippen LogP contribution in [0.3, 0.4) is 0 Å². The number of hydrogen-bond acceptors (Lipinski definition) is 5. The SMILES string of the molecule is COC(=O)CC(Nc1nc(Br)nc2c1ccn2C)C(C)(C)C. The predicted molar refractivity (Wildman–Crippen MR) is 89.7 cm³/mol. The number of methoxy groups -OCH3 is 1. The molecule has 0 aliphatic carbocycles. The maximum atomic E-state index is 11.7. The minimum Gasteiger partial charge on any atom is -0.469 e. The number of halogens is 1. The molecule has 0 aromatic carbocycles. The van der Waals surface area contributed by atoms with Crippen molar-refractivity contribution in [3.63, 3.8) is 0 Å². The fourth-order valence-corrected chi connectivity index (χ4v) is 2.55. The molecule has 0 amide bonds. The van der Waals surface area contributed by atoms with Gasteiger partial charge in [0.2, 0.25) is 4.73 Å². The Morgan fingerprint density at radius 3 is 2.73 bits per heavy atom. The third-order valence-corrected chi connectivity index (χ3v) is 4.01. The average Bonchev–Trinajstić information content (AvgIpc) is 2.78.